The largest absolute Gasteiger partial charge is 0.340 e. The summed E-state index contributed by atoms with van der Waals surface area (Å²) in [6.45, 7) is 2.22. The van der Waals surface area contributed by atoms with Crippen LogP contribution in [0.4, 0.5) is 0 Å². The number of hydrogen-bond acceptors (Lipinski definition) is 3. The molecular weight excluding hydrogens is 372 g/mol. The van der Waals surface area contributed by atoms with Crippen molar-refractivity contribution in [3.63, 3.8) is 0 Å². The number of carbonyl (C=O) groups is 1. The fourth-order valence-corrected chi connectivity index (χ4v) is 4.19. The summed E-state index contributed by atoms with van der Waals surface area (Å²) >= 11 is 0. The second-order valence-electron chi connectivity index (χ2n) is 6.95. The Kier molecular flexibility index (Phi) is 5.82. The van der Waals surface area contributed by atoms with Crippen molar-refractivity contribution in [2.45, 2.75) is 18.4 Å². The minimum atomic E-state index is -3.75. The summed E-state index contributed by atoms with van der Waals surface area (Å²) in [5.41, 5.74) is 2.14. The van der Waals surface area contributed by atoms with Crippen molar-refractivity contribution in [1.29, 1.82) is 0 Å². The summed E-state index contributed by atoms with van der Waals surface area (Å²) in [6.07, 6.45) is 0. The monoisotopic (exact) mass is 396 g/mol. The van der Waals surface area contributed by atoms with Crippen molar-refractivity contribution in [2.75, 3.05) is 20.6 Å². The second kappa shape index (κ2) is 8.12. The van der Waals surface area contributed by atoms with E-state index in [-0.39, 0.29) is 17.3 Å². The van der Waals surface area contributed by atoms with Crippen LogP contribution in [0.3, 0.4) is 0 Å². The predicted molar refractivity (Wildman–Crippen MR) is 111 cm³/mol. The Labute approximate surface area is 166 Å². The first kappa shape index (κ1) is 20.0. The van der Waals surface area contributed by atoms with E-state index in [0.717, 1.165) is 26.2 Å². The molecule has 0 saturated carbocycles. The Morgan fingerprint density at radius 3 is 2.25 bits per heavy atom. The van der Waals surface area contributed by atoms with Crippen LogP contribution < -0.4 is 0 Å². The minimum Gasteiger partial charge on any atom is -0.340 e. The molecule has 146 valence electrons. The van der Waals surface area contributed by atoms with Gasteiger partial charge < -0.3 is 4.90 Å². The van der Waals surface area contributed by atoms with Crippen molar-refractivity contribution in [2.24, 2.45) is 0 Å². The van der Waals surface area contributed by atoms with Gasteiger partial charge in [0, 0.05) is 20.6 Å². The van der Waals surface area contributed by atoms with Crippen LogP contribution in [0.1, 0.15) is 11.1 Å². The lowest BCUT2D eigenvalue weighted by Gasteiger charge is -2.22. The van der Waals surface area contributed by atoms with Gasteiger partial charge in [-0.05, 0) is 41.0 Å². The highest BCUT2D eigenvalue weighted by Gasteiger charge is 2.24. The smallest absolute Gasteiger partial charge is 0.243 e. The molecular formula is C22H24N2O3S. The molecule has 0 atom stereocenters. The van der Waals surface area contributed by atoms with Crippen LogP contribution in [0.25, 0.3) is 10.8 Å². The first-order valence-corrected chi connectivity index (χ1v) is 10.5. The maximum Gasteiger partial charge on any atom is 0.243 e. The highest BCUT2D eigenvalue weighted by Crippen LogP contribution is 2.21. The summed E-state index contributed by atoms with van der Waals surface area (Å²) in [6, 6.07) is 20.4. The van der Waals surface area contributed by atoms with Gasteiger partial charge >= 0.3 is 0 Å². The number of carbonyl (C=O) groups excluding carboxylic acids is 1. The van der Waals surface area contributed by atoms with Crippen LogP contribution in [0.5, 0.6) is 0 Å². The quantitative estimate of drug-likeness (QED) is 0.641. The third-order valence-corrected chi connectivity index (χ3v) is 6.68. The number of likely N-dealkylation sites (N-methyl/N-ethyl adjacent to an activating group) is 2. The fraction of sp³-hybridized carbons (Fsp3) is 0.227. The first-order chi connectivity index (χ1) is 13.3. The van der Waals surface area contributed by atoms with Crippen LogP contribution in [-0.2, 0) is 21.4 Å². The maximum atomic E-state index is 12.9. The number of benzene rings is 3. The highest BCUT2D eigenvalue weighted by atomic mass is 32.2. The van der Waals surface area contributed by atoms with Crippen molar-refractivity contribution >= 4 is 26.7 Å². The van der Waals surface area contributed by atoms with Gasteiger partial charge in [-0.2, -0.15) is 4.31 Å². The first-order valence-electron chi connectivity index (χ1n) is 9.02. The summed E-state index contributed by atoms with van der Waals surface area (Å²) < 4.78 is 26.9. The SMILES string of the molecule is Cc1ccccc1CN(C)C(=O)CN(C)S(=O)(=O)c1ccc2ccccc2c1. The van der Waals surface area contributed by atoms with E-state index in [4.69, 9.17) is 0 Å². The summed E-state index contributed by atoms with van der Waals surface area (Å²) in [5, 5.41) is 1.82. The predicted octanol–water partition coefficient (Wildman–Crippen LogP) is 3.43. The van der Waals surface area contributed by atoms with Gasteiger partial charge in [-0.15, -0.1) is 0 Å². The van der Waals surface area contributed by atoms with E-state index in [1.165, 1.54) is 7.05 Å². The molecule has 0 spiro atoms. The van der Waals surface area contributed by atoms with Gasteiger partial charge in [-0.3, -0.25) is 4.79 Å². The highest BCUT2D eigenvalue weighted by molar-refractivity contribution is 7.89. The van der Waals surface area contributed by atoms with E-state index in [9.17, 15) is 13.2 Å². The third-order valence-electron chi connectivity index (χ3n) is 4.88. The van der Waals surface area contributed by atoms with E-state index in [2.05, 4.69) is 0 Å². The molecule has 1 amide bonds. The molecule has 0 bridgehead atoms. The summed E-state index contributed by atoms with van der Waals surface area (Å²) in [7, 11) is -0.634. The van der Waals surface area contributed by atoms with Crippen molar-refractivity contribution in [1.82, 2.24) is 9.21 Å². The van der Waals surface area contributed by atoms with E-state index in [1.54, 1.807) is 30.1 Å². The normalized spacial score (nSPS) is 11.7. The molecule has 0 saturated heterocycles. The molecule has 0 aliphatic carbocycles. The number of fused-ring (bicyclic) bond motifs is 1. The molecule has 0 radical (unpaired) electrons. The molecule has 3 aromatic carbocycles. The summed E-state index contributed by atoms with van der Waals surface area (Å²) in [4.78, 5) is 14.3. The molecule has 0 N–H and O–H groups in total. The van der Waals surface area contributed by atoms with E-state index in [0.29, 0.717) is 6.54 Å². The van der Waals surface area contributed by atoms with Gasteiger partial charge in [-0.1, -0.05) is 54.6 Å². The van der Waals surface area contributed by atoms with Gasteiger partial charge in [0.25, 0.3) is 0 Å². The number of hydrogen-bond donors (Lipinski definition) is 0. The van der Waals surface area contributed by atoms with Gasteiger partial charge in [-0.25, -0.2) is 8.42 Å². The van der Waals surface area contributed by atoms with E-state index >= 15 is 0 Å². The molecule has 3 aromatic rings. The zero-order chi connectivity index (χ0) is 20.3. The van der Waals surface area contributed by atoms with Crippen LogP contribution in [0.2, 0.25) is 0 Å². The van der Waals surface area contributed by atoms with E-state index < -0.39 is 10.0 Å². The molecule has 0 fully saturated rings. The van der Waals surface area contributed by atoms with Crippen molar-refractivity contribution in [3.05, 3.63) is 77.9 Å². The molecule has 5 nitrogen and oxygen atoms in total. The van der Waals surface area contributed by atoms with Crippen LogP contribution in [0.15, 0.2) is 71.6 Å². The lowest BCUT2D eigenvalue weighted by atomic mass is 10.1. The number of aryl methyl sites for hydroxylation is 1. The second-order valence-corrected chi connectivity index (χ2v) is 8.99. The molecule has 3 rings (SSSR count). The average Bonchev–Trinajstić information content (AvgIpc) is 2.69. The number of nitrogens with zero attached hydrogens (tertiary/aromatic N) is 2. The average molecular weight is 397 g/mol. The zero-order valence-corrected chi connectivity index (χ0v) is 17.1. The fourth-order valence-electron chi connectivity index (χ4n) is 3.04. The van der Waals surface area contributed by atoms with Crippen LogP contribution in [0, 0.1) is 6.92 Å². The van der Waals surface area contributed by atoms with Crippen LogP contribution in [-0.4, -0.2) is 44.2 Å². The molecule has 0 aliphatic heterocycles. The van der Waals surface area contributed by atoms with Gasteiger partial charge in [0.05, 0.1) is 11.4 Å². The van der Waals surface area contributed by atoms with Crippen molar-refractivity contribution in [3.8, 4) is 0 Å². The van der Waals surface area contributed by atoms with Crippen LogP contribution >= 0.6 is 0 Å². The van der Waals surface area contributed by atoms with Gasteiger partial charge in [0.2, 0.25) is 15.9 Å². The molecule has 0 aromatic heterocycles. The number of sulfonamides is 1. The topological polar surface area (TPSA) is 57.7 Å². The van der Waals surface area contributed by atoms with E-state index in [1.807, 2.05) is 55.5 Å². The Hall–Kier alpha value is -2.70. The number of amides is 1. The molecule has 0 aliphatic rings. The maximum absolute atomic E-state index is 12.9. The molecule has 6 heteroatoms. The Balaban J connectivity index is 1.73. The van der Waals surface area contributed by atoms with Crippen molar-refractivity contribution < 1.29 is 13.2 Å². The zero-order valence-electron chi connectivity index (χ0n) is 16.3. The number of rotatable bonds is 6. The molecule has 28 heavy (non-hydrogen) atoms. The van der Waals surface area contributed by atoms with Gasteiger partial charge in [0.15, 0.2) is 0 Å². The Bertz CT molecular complexity index is 1110. The lowest BCUT2D eigenvalue weighted by molar-refractivity contribution is -0.130. The minimum absolute atomic E-state index is 0.183. The standard InChI is InChI=1S/C22H24N2O3S/c1-17-8-4-5-11-20(17)15-23(2)22(25)16-24(3)28(26,27)21-13-12-18-9-6-7-10-19(18)14-21/h4-14H,15-16H2,1-3H3. The van der Waals surface area contributed by atoms with Gasteiger partial charge in [0.1, 0.15) is 0 Å². The third kappa shape index (κ3) is 4.24. The lowest BCUT2D eigenvalue weighted by Crippen LogP contribution is -2.39. The molecule has 0 heterocycles. The summed E-state index contributed by atoms with van der Waals surface area (Å²) in [5.74, 6) is -0.255. The molecule has 0 unspecified atom stereocenters. The Morgan fingerprint density at radius 1 is 0.893 bits per heavy atom. The Morgan fingerprint density at radius 2 is 1.54 bits per heavy atom.